The average molecular weight is 195 g/mol. The van der Waals surface area contributed by atoms with Crippen LogP contribution < -0.4 is 10.1 Å². The molecule has 0 aliphatic carbocycles. The Morgan fingerprint density at radius 2 is 2.07 bits per heavy atom. The van der Waals surface area contributed by atoms with E-state index in [1.165, 1.54) is 0 Å². The summed E-state index contributed by atoms with van der Waals surface area (Å²) in [4.78, 5) is 8.41. The molecule has 0 saturated carbocycles. The van der Waals surface area contributed by atoms with Crippen LogP contribution in [0.4, 0.5) is 0 Å². The predicted octanol–water partition coefficient (Wildman–Crippen LogP) is 1.20. The molecule has 0 fully saturated rings. The highest BCUT2D eigenvalue weighted by atomic mass is 16.5. The summed E-state index contributed by atoms with van der Waals surface area (Å²) < 4.78 is 5.02. The monoisotopic (exact) mass is 195 g/mol. The molecule has 0 saturated heterocycles. The van der Waals surface area contributed by atoms with Crippen molar-refractivity contribution in [3.8, 4) is 5.88 Å². The maximum Gasteiger partial charge on any atom is 0.232 e. The number of aromatic nitrogens is 2. The molecule has 1 aromatic heterocycles. The summed E-state index contributed by atoms with van der Waals surface area (Å²) >= 11 is 0. The molecule has 2 unspecified atom stereocenters. The SMILES string of the molecule is CNC(C)C(C)c1cncc(OC)n1. The third-order valence-corrected chi connectivity index (χ3v) is 2.51. The lowest BCUT2D eigenvalue weighted by atomic mass is 10.0. The fraction of sp³-hybridized carbons (Fsp3) is 0.600. The molecule has 4 heteroatoms. The molecule has 0 aromatic carbocycles. The Balaban J connectivity index is 2.83. The van der Waals surface area contributed by atoms with Crippen molar-refractivity contribution < 1.29 is 4.74 Å². The number of hydrogen-bond donors (Lipinski definition) is 1. The third-order valence-electron chi connectivity index (χ3n) is 2.51. The van der Waals surface area contributed by atoms with Crippen molar-refractivity contribution in [3.63, 3.8) is 0 Å². The second kappa shape index (κ2) is 4.91. The highest BCUT2D eigenvalue weighted by Gasteiger charge is 2.14. The van der Waals surface area contributed by atoms with E-state index in [1.54, 1.807) is 19.5 Å². The Kier molecular flexibility index (Phi) is 3.83. The molecule has 0 spiro atoms. The lowest BCUT2D eigenvalue weighted by molar-refractivity contribution is 0.390. The first-order chi connectivity index (χ1) is 6.69. The molecule has 14 heavy (non-hydrogen) atoms. The molecule has 2 atom stereocenters. The van der Waals surface area contributed by atoms with Crippen molar-refractivity contribution in [2.45, 2.75) is 25.8 Å². The number of nitrogens with zero attached hydrogens (tertiary/aromatic N) is 2. The van der Waals surface area contributed by atoms with Crippen LogP contribution in [0.1, 0.15) is 25.5 Å². The molecule has 1 rings (SSSR count). The molecule has 0 aliphatic heterocycles. The Hall–Kier alpha value is -1.16. The zero-order valence-electron chi connectivity index (χ0n) is 9.11. The molecule has 1 aromatic rings. The van der Waals surface area contributed by atoms with Crippen LogP contribution in [-0.4, -0.2) is 30.2 Å². The van der Waals surface area contributed by atoms with Crippen molar-refractivity contribution in [2.75, 3.05) is 14.2 Å². The second-order valence-electron chi connectivity index (χ2n) is 3.35. The van der Waals surface area contributed by atoms with Gasteiger partial charge in [-0.05, 0) is 14.0 Å². The first-order valence-electron chi connectivity index (χ1n) is 4.72. The van der Waals surface area contributed by atoms with Crippen LogP contribution in [0.3, 0.4) is 0 Å². The Bertz CT molecular complexity index is 290. The van der Waals surface area contributed by atoms with E-state index in [1.807, 2.05) is 7.05 Å². The number of hydrogen-bond acceptors (Lipinski definition) is 4. The van der Waals surface area contributed by atoms with Crippen LogP contribution in [0.2, 0.25) is 0 Å². The molecule has 1 N–H and O–H groups in total. The van der Waals surface area contributed by atoms with Gasteiger partial charge in [-0.3, -0.25) is 4.98 Å². The summed E-state index contributed by atoms with van der Waals surface area (Å²) in [5, 5.41) is 3.19. The topological polar surface area (TPSA) is 47.0 Å². The smallest absolute Gasteiger partial charge is 0.232 e. The van der Waals surface area contributed by atoms with Crippen LogP contribution in [-0.2, 0) is 0 Å². The molecule has 0 aliphatic rings. The van der Waals surface area contributed by atoms with E-state index in [4.69, 9.17) is 4.74 Å². The number of rotatable bonds is 4. The zero-order chi connectivity index (χ0) is 10.6. The highest BCUT2D eigenvalue weighted by Crippen LogP contribution is 2.17. The lowest BCUT2D eigenvalue weighted by Gasteiger charge is -2.18. The fourth-order valence-corrected chi connectivity index (χ4v) is 1.19. The predicted molar refractivity (Wildman–Crippen MR) is 55.5 cm³/mol. The first-order valence-corrected chi connectivity index (χ1v) is 4.72. The Morgan fingerprint density at radius 1 is 1.36 bits per heavy atom. The molecule has 4 nitrogen and oxygen atoms in total. The van der Waals surface area contributed by atoms with Crippen LogP contribution in [0.5, 0.6) is 5.88 Å². The van der Waals surface area contributed by atoms with Gasteiger partial charge >= 0.3 is 0 Å². The highest BCUT2D eigenvalue weighted by molar-refractivity contribution is 5.12. The van der Waals surface area contributed by atoms with Crippen molar-refractivity contribution in [3.05, 3.63) is 18.1 Å². The van der Waals surface area contributed by atoms with Gasteiger partial charge in [0.2, 0.25) is 5.88 Å². The minimum absolute atomic E-state index is 0.322. The summed E-state index contributed by atoms with van der Waals surface area (Å²) in [6, 6.07) is 0.372. The largest absolute Gasteiger partial charge is 0.480 e. The molecule has 78 valence electrons. The quantitative estimate of drug-likeness (QED) is 0.784. The summed E-state index contributed by atoms with van der Waals surface area (Å²) in [6.45, 7) is 4.23. The second-order valence-corrected chi connectivity index (χ2v) is 3.35. The van der Waals surface area contributed by atoms with Crippen LogP contribution in [0.25, 0.3) is 0 Å². The van der Waals surface area contributed by atoms with Gasteiger partial charge < -0.3 is 10.1 Å². The van der Waals surface area contributed by atoms with Gasteiger partial charge in [0, 0.05) is 18.2 Å². The molecule has 0 radical (unpaired) electrons. The van der Waals surface area contributed by atoms with Crippen molar-refractivity contribution >= 4 is 0 Å². The van der Waals surface area contributed by atoms with E-state index >= 15 is 0 Å². The van der Waals surface area contributed by atoms with Gasteiger partial charge in [-0.25, -0.2) is 4.98 Å². The van der Waals surface area contributed by atoms with Gasteiger partial charge in [-0.1, -0.05) is 6.92 Å². The average Bonchev–Trinajstić information content (AvgIpc) is 2.27. The number of ether oxygens (including phenoxy) is 1. The van der Waals surface area contributed by atoms with Gasteiger partial charge in [0.15, 0.2) is 0 Å². The fourth-order valence-electron chi connectivity index (χ4n) is 1.19. The summed E-state index contributed by atoms with van der Waals surface area (Å²) in [7, 11) is 3.54. The number of methoxy groups -OCH3 is 1. The van der Waals surface area contributed by atoms with Gasteiger partial charge in [0.25, 0.3) is 0 Å². The molecular formula is C10H17N3O. The molecule has 0 amide bonds. The van der Waals surface area contributed by atoms with Gasteiger partial charge in [0.1, 0.15) is 0 Å². The van der Waals surface area contributed by atoms with Crippen molar-refractivity contribution in [1.29, 1.82) is 0 Å². The number of nitrogens with one attached hydrogen (secondary N) is 1. The minimum Gasteiger partial charge on any atom is -0.480 e. The van der Waals surface area contributed by atoms with Crippen molar-refractivity contribution in [1.82, 2.24) is 15.3 Å². The lowest BCUT2D eigenvalue weighted by Crippen LogP contribution is -2.27. The van der Waals surface area contributed by atoms with E-state index < -0.39 is 0 Å². The Morgan fingerprint density at radius 3 is 2.64 bits per heavy atom. The van der Waals surface area contributed by atoms with E-state index in [-0.39, 0.29) is 0 Å². The number of likely N-dealkylation sites (N-methyl/N-ethyl adjacent to an activating group) is 1. The molecule has 1 heterocycles. The summed E-state index contributed by atoms with van der Waals surface area (Å²) in [5.74, 6) is 0.889. The van der Waals surface area contributed by atoms with Gasteiger partial charge in [-0.15, -0.1) is 0 Å². The maximum absolute atomic E-state index is 5.02. The van der Waals surface area contributed by atoms with Gasteiger partial charge in [0.05, 0.1) is 19.0 Å². The first kappa shape index (κ1) is 10.9. The normalized spacial score (nSPS) is 14.9. The minimum atomic E-state index is 0.322. The van der Waals surface area contributed by atoms with Crippen LogP contribution >= 0.6 is 0 Å². The summed E-state index contributed by atoms with van der Waals surface area (Å²) in [6.07, 6.45) is 3.39. The molecular weight excluding hydrogens is 178 g/mol. The van der Waals surface area contributed by atoms with Gasteiger partial charge in [-0.2, -0.15) is 0 Å². The van der Waals surface area contributed by atoms with E-state index in [2.05, 4.69) is 29.1 Å². The Labute approximate surface area is 84.7 Å². The molecule has 0 bridgehead atoms. The van der Waals surface area contributed by atoms with Crippen molar-refractivity contribution in [2.24, 2.45) is 0 Å². The summed E-state index contributed by atoms with van der Waals surface area (Å²) in [5.41, 5.74) is 0.950. The van der Waals surface area contributed by atoms with E-state index in [0.29, 0.717) is 17.8 Å². The standard InChI is InChI=1S/C10H17N3O/c1-7(8(2)11-3)9-5-12-6-10(13-9)14-4/h5-8,11H,1-4H3. The van der Waals surface area contributed by atoms with Crippen LogP contribution in [0.15, 0.2) is 12.4 Å². The van der Waals surface area contributed by atoms with E-state index in [0.717, 1.165) is 5.69 Å². The van der Waals surface area contributed by atoms with Crippen LogP contribution in [0, 0.1) is 0 Å². The van der Waals surface area contributed by atoms with E-state index in [9.17, 15) is 0 Å². The zero-order valence-corrected chi connectivity index (χ0v) is 9.11. The maximum atomic E-state index is 5.02. The third kappa shape index (κ3) is 2.42.